The maximum absolute atomic E-state index is 13.6. The van der Waals surface area contributed by atoms with Crippen LogP contribution in [0.5, 0.6) is 0 Å². The Morgan fingerprint density at radius 2 is 1.78 bits per heavy atom. The van der Waals surface area contributed by atoms with E-state index in [0.29, 0.717) is 5.56 Å². The van der Waals surface area contributed by atoms with Gasteiger partial charge in [-0.15, -0.1) is 0 Å². The summed E-state index contributed by atoms with van der Waals surface area (Å²) >= 11 is 0. The summed E-state index contributed by atoms with van der Waals surface area (Å²) in [5.41, 5.74) is 3.36. The summed E-state index contributed by atoms with van der Waals surface area (Å²) in [6.07, 6.45) is 1.42. The molecular formula is C15H14FNO. The largest absolute Gasteiger partial charge is 0.287 e. The van der Waals surface area contributed by atoms with Crippen molar-refractivity contribution in [1.29, 1.82) is 0 Å². The molecule has 0 unspecified atom stereocenters. The molecule has 0 fully saturated rings. The van der Waals surface area contributed by atoms with Crippen molar-refractivity contribution in [2.75, 3.05) is 0 Å². The maximum atomic E-state index is 13.6. The van der Waals surface area contributed by atoms with E-state index in [1.54, 1.807) is 6.07 Å². The van der Waals surface area contributed by atoms with E-state index in [1.807, 2.05) is 26.8 Å². The van der Waals surface area contributed by atoms with Gasteiger partial charge in [0, 0.05) is 11.8 Å². The number of carbonyl (C=O) groups excluding carboxylic acids is 1. The first-order valence-electron chi connectivity index (χ1n) is 5.73. The second-order valence-electron chi connectivity index (χ2n) is 4.41. The second-order valence-corrected chi connectivity index (χ2v) is 4.41. The molecule has 2 aromatic rings. The van der Waals surface area contributed by atoms with Crippen LogP contribution >= 0.6 is 0 Å². The number of hydrogen-bond acceptors (Lipinski definition) is 2. The van der Waals surface area contributed by atoms with Gasteiger partial charge in [0.05, 0.1) is 0 Å². The Hall–Kier alpha value is -2.03. The van der Waals surface area contributed by atoms with Crippen LogP contribution in [0.25, 0.3) is 0 Å². The van der Waals surface area contributed by atoms with Crippen LogP contribution in [-0.4, -0.2) is 10.8 Å². The summed E-state index contributed by atoms with van der Waals surface area (Å²) in [4.78, 5) is 16.1. The number of hydrogen-bond donors (Lipinski definition) is 0. The molecule has 2 rings (SSSR count). The minimum atomic E-state index is -0.583. The number of aryl methyl sites for hydroxylation is 3. The van der Waals surface area contributed by atoms with E-state index in [9.17, 15) is 9.18 Å². The van der Waals surface area contributed by atoms with Gasteiger partial charge in [0.2, 0.25) is 5.78 Å². The van der Waals surface area contributed by atoms with Crippen LogP contribution in [0.1, 0.15) is 32.7 Å². The summed E-state index contributed by atoms with van der Waals surface area (Å²) < 4.78 is 13.6. The fourth-order valence-electron chi connectivity index (χ4n) is 1.89. The van der Waals surface area contributed by atoms with Crippen LogP contribution in [-0.2, 0) is 0 Å². The van der Waals surface area contributed by atoms with Gasteiger partial charge in [0.1, 0.15) is 5.69 Å². The van der Waals surface area contributed by atoms with Gasteiger partial charge in [0.25, 0.3) is 0 Å². The summed E-state index contributed by atoms with van der Waals surface area (Å²) in [6, 6.07) is 6.44. The molecule has 0 amide bonds. The molecule has 92 valence electrons. The highest BCUT2D eigenvalue weighted by atomic mass is 19.1. The molecule has 1 heterocycles. The molecule has 0 aliphatic heterocycles. The molecule has 0 aliphatic carbocycles. The van der Waals surface area contributed by atoms with Crippen molar-refractivity contribution >= 4 is 5.78 Å². The number of nitrogens with zero attached hydrogens (tertiary/aromatic N) is 1. The molecular weight excluding hydrogens is 229 g/mol. The molecule has 3 heteroatoms. The zero-order chi connectivity index (χ0) is 13.3. The normalized spacial score (nSPS) is 10.4. The summed E-state index contributed by atoms with van der Waals surface area (Å²) in [7, 11) is 0. The number of benzene rings is 1. The monoisotopic (exact) mass is 243 g/mol. The molecule has 18 heavy (non-hydrogen) atoms. The van der Waals surface area contributed by atoms with Gasteiger partial charge in [-0.2, -0.15) is 0 Å². The van der Waals surface area contributed by atoms with Crippen LogP contribution in [0.4, 0.5) is 4.39 Å². The average Bonchev–Trinajstić information content (AvgIpc) is 2.33. The van der Waals surface area contributed by atoms with Crippen molar-refractivity contribution in [1.82, 2.24) is 4.98 Å². The molecule has 0 saturated heterocycles. The topological polar surface area (TPSA) is 30.0 Å². The van der Waals surface area contributed by atoms with Crippen molar-refractivity contribution in [3.05, 3.63) is 64.2 Å². The molecule has 1 aromatic heterocycles. The minimum absolute atomic E-state index is 0.121. The van der Waals surface area contributed by atoms with E-state index >= 15 is 0 Å². The van der Waals surface area contributed by atoms with Crippen LogP contribution in [0.3, 0.4) is 0 Å². The summed E-state index contributed by atoms with van der Waals surface area (Å²) in [5.74, 6) is -0.950. The van der Waals surface area contributed by atoms with E-state index in [0.717, 1.165) is 16.7 Å². The van der Waals surface area contributed by atoms with Crippen molar-refractivity contribution in [2.24, 2.45) is 0 Å². The molecule has 0 atom stereocenters. The standard InChI is InChI=1S/C15H14FNO/c1-9-7-11(3)12(8-10(9)2)15(18)14-13(16)5-4-6-17-14/h4-8H,1-3H3. The Bertz CT molecular complexity index is 620. The minimum Gasteiger partial charge on any atom is -0.287 e. The number of ketones is 1. The fraction of sp³-hybridized carbons (Fsp3) is 0.200. The third-order valence-electron chi connectivity index (χ3n) is 3.06. The molecule has 0 spiro atoms. The van der Waals surface area contributed by atoms with Gasteiger partial charge < -0.3 is 0 Å². The van der Waals surface area contributed by atoms with Crippen LogP contribution in [0.2, 0.25) is 0 Å². The van der Waals surface area contributed by atoms with Gasteiger partial charge in [-0.25, -0.2) is 9.37 Å². The van der Waals surface area contributed by atoms with E-state index in [1.165, 1.54) is 18.3 Å². The number of rotatable bonds is 2. The third kappa shape index (κ3) is 2.16. The zero-order valence-electron chi connectivity index (χ0n) is 10.6. The fourth-order valence-corrected chi connectivity index (χ4v) is 1.89. The van der Waals surface area contributed by atoms with Crippen LogP contribution < -0.4 is 0 Å². The number of carbonyl (C=O) groups is 1. The van der Waals surface area contributed by atoms with E-state index in [4.69, 9.17) is 0 Å². The van der Waals surface area contributed by atoms with Crippen molar-refractivity contribution in [3.63, 3.8) is 0 Å². The number of halogens is 1. The Labute approximate surface area is 105 Å². The lowest BCUT2D eigenvalue weighted by atomic mass is 9.96. The second kappa shape index (κ2) is 4.69. The molecule has 0 N–H and O–H groups in total. The number of pyridine rings is 1. The summed E-state index contributed by atoms with van der Waals surface area (Å²) in [5, 5.41) is 0. The third-order valence-corrected chi connectivity index (χ3v) is 3.06. The highest BCUT2D eigenvalue weighted by Crippen LogP contribution is 2.19. The summed E-state index contributed by atoms with van der Waals surface area (Å²) in [6.45, 7) is 5.76. The lowest BCUT2D eigenvalue weighted by Gasteiger charge is -2.09. The molecule has 0 aliphatic rings. The predicted molar refractivity (Wildman–Crippen MR) is 68.3 cm³/mol. The average molecular weight is 243 g/mol. The molecule has 0 radical (unpaired) electrons. The first-order chi connectivity index (χ1) is 8.50. The maximum Gasteiger partial charge on any atom is 0.214 e. The van der Waals surface area contributed by atoms with Crippen molar-refractivity contribution < 1.29 is 9.18 Å². The van der Waals surface area contributed by atoms with Gasteiger partial charge in [-0.1, -0.05) is 6.07 Å². The van der Waals surface area contributed by atoms with Crippen LogP contribution in [0.15, 0.2) is 30.5 Å². The first-order valence-corrected chi connectivity index (χ1v) is 5.73. The molecule has 1 aromatic carbocycles. The smallest absolute Gasteiger partial charge is 0.214 e. The highest BCUT2D eigenvalue weighted by Gasteiger charge is 2.17. The lowest BCUT2D eigenvalue weighted by molar-refractivity contribution is 0.102. The Balaban J connectivity index is 2.53. The Morgan fingerprint density at radius 1 is 1.11 bits per heavy atom. The Morgan fingerprint density at radius 3 is 2.44 bits per heavy atom. The predicted octanol–water partition coefficient (Wildman–Crippen LogP) is 3.38. The molecule has 0 saturated carbocycles. The van der Waals surface area contributed by atoms with Gasteiger partial charge in [-0.05, 0) is 55.7 Å². The van der Waals surface area contributed by atoms with E-state index in [-0.39, 0.29) is 11.5 Å². The first kappa shape index (κ1) is 12.4. The van der Waals surface area contributed by atoms with Crippen LogP contribution in [0, 0.1) is 26.6 Å². The van der Waals surface area contributed by atoms with Gasteiger partial charge >= 0.3 is 0 Å². The Kier molecular flexibility index (Phi) is 3.24. The lowest BCUT2D eigenvalue weighted by Crippen LogP contribution is -2.09. The van der Waals surface area contributed by atoms with E-state index in [2.05, 4.69) is 4.98 Å². The van der Waals surface area contributed by atoms with Gasteiger partial charge in [-0.3, -0.25) is 4.79 Å². The van der Waals surface area contributed by atoms with E-state index < -0.39 is 5.82 Å². The number of aromatic nitrogens is 1. The molecule has 2 nitrogen and oxygen atoms in total. The highest BCUT2D eigenvalue weighted by molar-refractivity contribution is 6.08. The van der Waals surface area contributed by atoms with Crippen molar-refractivity contribution in [3.8, 4) is 0 Å². The SMILES string of the molecule is Cc1cc(C)c(C(=O)c2ncccc2F)cc1C. The van der Waals surface area contributed by atoms with Crippen molar-refractivity contribution in [2.45, 2.75) is 20.8 Å². The molecule has 0 bridgehead atoms. The van der Waals surface area contributed by atoms with Gasteiger partial charge in [0.15, 0.2) is 5.82 Å². The quantitative estimate of drug-likeness (QED) is 0.757. The zero-order valence-corrected chi connectivity index (χ0v) is 10.6.